The lowest BCUT2D eigenvalue weighted by Gasteiger charge is -2.10. The van der Waals surface area contributed by atoms with Crippen molar-refractivity contribution in [2.24, 2.45) is 0 Å². The topological polar surface area (TPSA) is 17.0 Å². The van der Waals surface area contributed by atoms with E-state index < -0.39 is 0 Å². The number of rotatable bonds is 4. The highest BCUT2D eigenvalue weighted by atomic mass is 15.0. The molecule has 2 rings (SSSR count). The number of hydrogen-bond donors (Lipinski definition) is 1. The summed E-state index contributed by atoms with van der Waals surface area (Å²) in [6.45, 7) is 6.27. The Kier molecular flexibility index (Phi) is 3.64. The number of benzene rings is 1. The summed E-state index contributed by atoms with van der Waals surface area (Å²) < 4.78 is 2.38. The molecule has 0 spiro atoms. The molecule has 0 atom stereocenters. The molecule has 0 amide bonds. The van der Waals surface area contributed by atoms with Crippen molar-refractivity contribution < 1.29 is 0 Å². The Hall–Kier alpha value is -1.54. The molecule has 2 heteroatoms. The lowest BCUT2D eigenvalue weighted by molar-refractivity contribution is 0.735. The molecule has 0 fully saturated rings. The van der Waals surface area contributed by atoms with Gasteiger partial charge < -0.3 is 9.88 Å². The van der Waals surface area contributed by atoms with Crippen molar-refractivity contribution in [2.75, 3.05) is 7.05 Å². The van der Waals surface area contributed by atoms with Crippen molar-refractivity contribution in [1.82, 2.24) is 9.88 Å². The minimum atomic E-state index is 0.939. The summed E-state index contributed by atoms with van der Waals surface area (Å²) >= 11 is 0. The molecule has 0 unspecified atom stereocenters. The Morgan fingerprint density at radius 3 is 2.47 bits per heavy atom. The zero-order valence-corrected chi connectivity index (χ0v) is 10.8. The SMILES string of the molecule is CNCc1cc(C)n(Cc2ccccc2)c1C. The van der Waals surface area contributed by atoms with Gasteiger partial charge >= 0.3 is 0 Å². The maximum absolute atomic E-state index is 3.22. The van der Waals surface area contributed by atoms with Crippen molar-refractivity contribution in [2.45, 2.75) is 26.9 Å². The van der Waals surface area contributed by atoms with Gasteiger partial charge in [0.15, 0.2) is 0 Å². The molecule has 1 heterocycles. The second-order valence-electron chi connectivity index (χ2n) is 4.50. The van der Waals surface area contributed by atoms with Crippen LogP contribution in [0.2, 0.25) is 0 Å². The molecule has 0 aliphatic rings. The first-order valence-corrected chi connectivity index (χ1v) is 6.06. The van der Waals surface area contributed by atoms with Gasteiger partial charge in [-0.2, -0.15) is 0 Å². The van der Waals surface area contributed by atoms with Crippen LogP contribution in [0.25, 0.3) is 0 Å². The van der Waals surface area contributed by atoms with E-state index in [1.165, 1.54) is 22.5 Å². The summed E-state index contributed by atoms with van der Waals surface area (Å²) in [5.74, 6) is 0. The molecule has 0 radical (unpaired) electrons. The average molecular weight is 228 g/mol. The lowest BCUT2D eigenvalue weighted by atomic mass is 10.2. The molecule has 17 heavy (non-hydrogen) atoms. The zero-order valence-electron chi connectivity index (χ0n) is 10.8. The molecule has 0 aliphatic carbocycles. The maximum Gasteiger partial charge on any atom is 0.0475 e. The van der Waals surface area contributed by atoms with E-state index in [2.05, 4.69) is 60.1 Å². The van der Waals surface area contributed by atoms with E-state index in [1.54, 1.807) is 0 Å². The largest absolute Gasteiger partial charge is 0.344 e. The quantitative estimate of drug-likeness (QED) is 0.851. The van der Waals surface area contributed by atoms with E-state index in [4.69, 9.17) is 0 Å². The van der Waals surface area contributed by atoms with Crippen LogP contribution in [0.15, 0.2) is 36.4 Å². The first kappa shape index (κ1) is 11.9. The fourth-order valence-electron chi connectivity index (χ4n) is 2.25. The molecular weight excluding hydrogens is 208 g/mol. The highest BCUT2D eigenvalue weighted by molar-refractivity contribution is 5.28. The summed E-state index contributed by atoms with van der Waals surface area (Å²) in [6.07, 6.45) is 0. The lowest BCUT2D eigenvalue weighted by Crippen LogP contribution is -2.08. The number of hydrogen-bond acceptors (Lipinski definition) is 1. The molecular formula is C15H20N2. The van der Waals surface area contributed by atoms with Gasteiger partial charge in [-0.25, -0.2) is 0 Å². The number of nitrogens with one attached hydrogen (secondary N) is 1. The Morgan fingerprint density at radius 1 is 1.12 bits per heavy atom. The Labute approximate surface area is 103 Å². The van der Waals surface area contributed by atoms with Crippen LogP contribution in [0.1, 0.15) is 22.5 Å². The van der Waals surface area contributed by atoms with Crippen LogP contribution in [0.3, 0.4) is 0 Å². The summed E-state index contributed by atoms with van der Waals surface area (Å²) in [6, 6.07) is 12.9. The van der Waals surface area contributed by atoms with Crippen LogP contribution < -0.4 is 5.32 Å². The van der Waals surface area contributed by atoms with E-state index >= 15 is 0 Å². The standard InChI is InChI=1S/C15H20N2/c1-12-9-15(10-16-3)13(2)17(12)11-14-7-5-4-6-8-14/h4-9,16H,10-11H2,1-3H3. The molecule has 1 N–H and O–H groups in total. The third-order valence-electron chi connectivity index (χ3n) is 3.23. The van der Waals surface area contributed by atoms with Gasteiger partial charge in [0.25, 0.3) is 0 Å². The Morgan fingerprint density at radius 2 is 1.82 bits per heavy atom. The molecule has 0 saturated carbocycles. The van der Waals surface area contributed by atoms with Crippen LogP contribution in [-0.4, -0.2) is 11.6 Å². The van der Waals surface area contributed by atoms with Gasteiger partial charge in [0.2, 0.25) is 0 Å². The van der Waals surface area contributed by atoms with Gasteiger partial charge in [-0.05, 0) is 38.1 Å². The van der Waals surface area contributed by atoms with Crippen molar-refractivity contribution in [3.05, 3.63) is 58.9 Å². The van der Waals surface area contributed by atoms with Gasteiger partial charge in [0, 0.05) is 24.5 Å². The second kappa shape index (κ2) is 5.19. The molecule has 0 bridgehead atoms. The first-order chi connectivity index (χ1) is 8.22. The monoisotopic (exact) mass is 228 g/mol. The highest BCUT2D eigenvalue weighted by Crippen LogP contribution is 2.16. The summed E-state index contributed by atoms with van der Waals surface area (Å²) in [4.78, 5) is 0. The summed E-state index contributed by atoms with van der Waals surface area (Å²) in [5.41, 5.74) is 5.43. The first-order valence-electron chi connectivity index (χ1n) is 6.06. The van der Waals surface area contributed by atoms with E-state index in [0.717, 1.165) is 13.1 Å². The molecule has 1 aromatic carbocycles. The minimum absolute atomic E-state index is 0.939. The minimum Gasteiger partial charge on any atom is -0.344 e. The van der Waals surface area contributed by atoms with Crippen molar-refractivity contribution in [1.29, 1.82) is 0 Å². The summed E-state index contributed by atoms with van der Waals surface area (Å²) in [5, 5.41) is 3.22. The molecule has 0 aliphatic heterocycles. The summed E-state index contributed by atoms with van der Waals surface area (Å²) in [7, 11) is 1.99. The number of aryl methyl sites for hydroxylation is 1. The van der Waals surface area contributed by atoms with Gasteiger partial charge in [-0.15, -0.1) is 0 Å². The van der Waals surface area contributed by atoms with Gasteiger partial charge in [0.1, 0.15) is 0 Å². The fraction of sp³-hybridized carbons (Fsp3) is 0.333. The molecule has 1 aromatic heterocycles. The van der Waals surface area contributed by atoms with Crippen LogP contribution in [0.5, 0.6) is 0 Å². The van der Waals surface area contributed by atoms with E-state index in [1.807, 2.05) is 7.05 Å². The van der Waals surface area contributed by atoms with Gasteiger partial charge in [0.05, 0.1) is 0 Å². The van der Waals surface area contributed by atoms with Crippen molar-refractivity contribution in [3.8, 4) is 0 Å². The fourth-order valence-corrected chi connectivity index (χ4v) is 2.25. The molecule has 2 aromatic rings. The smallest absolute Gasteiger partial charge is 0.0475 e. The maximum atomic E-state index is 3.22. The highest BCUT2D eigenvalue weighted by Gasteiger charge is 2.08. The van der Waals surface area contributed by atoms with E-state index in [0.29, 0.717) is 0 Å². The third-order valence-corrected chi connectivity index (χ3v) is 3.23. The molecule has 2 nitrogen and oxygen atoms in total. The Bertz CT molecular complexity index is 483. The van der Waals surface area contributed by atoms with Crippen molar-refractivity contribution >= 4 is 0 Å². The predicted octanol–water partition coefficient (Wildman–Crippen LogP) is 2.87. The average Bonchev–Trinajstić information content (AvgIpc) is 2.59. The van der Waals surface area contributed by atoms with E-state index in [-0.39, 0.29) is 0 Å². The van der Waals surface area contributed by atoms with Gasteiger partial charge in [-0.1, -0.05) is 30.3 Å². The normalized spacial score (nSPS) is 10.8. The van der Waals surface area contributed by atoms with Crippen LogP contribution in [-0.2, 0) is 13.1 Å². The van der Waals surface area contributed by atoms with E-state index in [9.17, 15) is 0 Å². The number of nitrogens with zero attached hydrogens (tertiary/aromatic N) is 1. The molecule has 0 saturated heterocycles. The molecule has 90 valence electrons. The number of aromatic nitrogens is 1. The Balaban J connectivity index is 2.27. The zero-order chi connectivity index (χ0) is 12.3. The van der Waals surface area contributed by atoms with Crippen LogP contribution >= 0.6 is 0 Å². The second-order valence-corrected chi connectivity index (χ2v) is 4.50. The van der Waals surface area contributed by atoms with Crippen LogP contribution in [0, 0.1) is 13.8 Å². The van der Waals surface area contributed by atoms with Crippen LogP contribution in [0.4, 0.5) is 0 Å². The van der Waals surface area contributed by atoms with Gasteiger partial charge in [-0.3, -0.25) is 0 Å². The van der Waals surface area contributed by atoms with Crippen molar-refractivity contribution in [3.63, 3.8) is 0 Å². The predicted molar refractivity (Wildman–Crippen MR) is 72.2 cm³/mol. The third kappa shape index (κ3) is 2.59.